The highest BCUT2D eigenvalue weighted by Gasteiger charge is 2.05. The molecule has 0 fully saturated rings. The number of nitrogens with one attached hydrogen (secondary N) is 2. The Balaban J connectivity index is 1.88. The lowest BCUT2D eigenvalue weighted by Gasteiger charge is -2.15. The van der Waals surface area contributed by atoms with Crippen molar-refractivity contribution in [1.29, 1.82) is 0 Å². The van der Waals surface area contributed by atoms with Gasteiger partial charge >= 0.3 is 0 Å². The molecule has 0 aliphatic carbocycles. The van der Waals surface area contributed by atoms with Gasteiger partial charge in [-0.2, -0.15) is 0 Å². The van der Waals surface area contributed by atoms with Gasteiger partial charge in [-0.05, 0) is 37.3 Å². The van der Waals surface area contributed by atoms with Gasteiger partial charge in [-0.3, -0.25) is 0 Å². The maximum Gasteiger partial charge on any atom is 0.238 e. The summed E-state index contributed by atoms with van der Waals surface area (Å²) in [7, 11) is 1.64. The second-order valence-electron chi connectivity index (χ2n) is 4.63. The molecule has 6 nitrogen and oxygen atoms in total. The Morgan fingerprint density at radius 2 is 1.95 bits per heavy atom. The molecule has 0 bridgehead atoms. The summed E-state index contributed by atoms with van der Waals surface area (Å²) in [5.74, 6) is 1.67. The van der Waals surface area contributed by atoms with Crippen LogP contribution in [0.5, 0.6) is 11.6 Å². The van der Waals surface area contributed by atoms with Crippen molar-refractivity contribution in [3.05, 3.63) is 42.5 Å². The van der Waals surface area contributed by atoms with E-state index in [1.807, 2.05) is 37.3 Å². The van der Waals surface area contributed by atoms with Gasteiger partial charge < -0.3 is 20.1 Å². The number of nitrogens with zero attached hydrogens (tertiary/aromatic N) is 2. The number of hydrogen-bond acceptors (Lipinski definition) is 5. The Hall–Kier alpha value is -2.25. The molecule has 1 aromatic carbocycles. The minimum Gasteiger partial charge on any atom is -0.438 e. The molecule has 0 unspecified atom stereocenters. The molecule has 2 aromatic rings. The van der Waals surface area contributed by atoms with Crippen molar-refractivity contribution in [2.45, 2.75) is 13.0 Å². The number of aromatic nitrogens is 2. The van der Waals surface area contributed by atoms with Gasteiger partial charge in [0.2, 0.25) is 5.88 Å². The van der Waals surface area contributed by atoms with Crippen LogP contribution in [0.2, 0.25) is 0 Å². The molecule has 1 heterocycles. The topological polar surface area (TPSA) is 68.3 Å². The van der Waals surface area contributed by atoms with Crippen LogP contribution in [0.25, 0.3) is 0 Å². The number of thiocarbonyl (C=S) groups is 1. The van der Waals surface area contributed by atoms with E-state index in [4.69, 9.17) is 21.7 Å². The van der Waals surface area contributed by atoms with E-state index in [2.05, 4.69) is 20.8 Å². The lowest BCUT2D eigenvalue weighted by Crippen LogP contribution is -2.38. The zero-order chi connectivity index (χ0) is 15.8. The number of rotatable bonds is 6. The Labute approximate surface area is 134 Å². The van der Waals surface area contributed by atoms with Crippen LogP contribution >= 0.6 is 12.2 Å². The molecule has 1 atom stereocenters. The Morgan fingerprint density at radius 1 is 1.18 bits per heavy atom. The zero-order valence-electron chi connectivity index (χ0n) is 12.4. The first-order valence-electron chi connectivity index (χ1n) is 6.80. The molecular weight excluding hydrogens is 300 g/mol. The number of benzene rings is 1. The first-order chi connectivity index (χ1) is 10.7. The molecule has 0 saturated heterocycles. The normalized spacial score (nSPS) is 11.5. The predicted molar refractivity (Wildman–Crippen MR) is 89.2 cm³/mol. The lowest BCUT2D eigenvalue weighted by atomic mass is 10.3. The van der Waals surface area contributed by atoms with Gasteiger partial charge in [0.1, 0.15) is 5.75 Å². The molecular formula is C15H18N4O2S. The van der Waals surface area contributed by atoms with E-state index in [1.54, 1.807) is 19.2 Å². The van der Waals surface area contributed by atoms with Crippen molar-refractivity contribution < 1.29 is 9.47 Å². The van der Waals surface area contributed by atoms with E-state index in [0.717, 1.165) is 0 Å². The highest BCUT2D eigenvalue weighted by molar-refractivity contribution is 7.80. The third-order valence-corrected chi connectivity index (χ3v) is 2.86. The monoisotopic (exact) mass is 318 g/mol. The van der Waals surface area contributed by atoms with Crippen molar-refractivity contribution >= 4 is 23.1 Å². The van der Waals surface area contributed by atoms with Crippen LogP contribution in [0.3, 0.4) is 0 Å². The van der Waals surface area contributed by atoms with Crippen LogP contribution in [-0.2, 0) is 4.74 Å². The molecule has 0 radical (unpaired) electrons. The highest BCUT2D eigenvalue weighted by atomic mass is 32.1. The summed E-state index contributed by atoms with van der Waals surface area (Å²) in [5.41, 5.74) is 0. The van der Waals surface area contributed by atoms with Gasteiger partial charge in [0, 0.05) is 19.2 Å². The predicted octanol–water partition coefficient (Wildman–Crippen LogP) is 2.59. The van der Waals surface area contributed by atoms with Gasteiger partial charge in [0.25, 0.3) is 0 Å². The van der Waals surface area contributed by atoms with Gasteiger partial charge in [-0.15, -0.1) is 10.2 Å². The van der Waals surface area contributed by atoms with Gasteiger partial charge in [0.05, 0.1) is 6.61 Å². The summed E-state index contributed by atoms with van der Waals surface area (Å²) < 4.78 is 10.6. The number of methoxy groups -OCH3 is 1. The van der Waals surface area contributed by atoms with Crippen LogP contribution < -0.4 is 15.4 Å². The van der Waals surface area contributed by atoms with Crippen LogP contribution in [0.4, 0.5) is 5.82 Å². The molecule has 7 heteroatoms. The first-order valence-corrected chi connectivity index (χ1v) is 7.21. The standard InChI is InChI=1S/C15H18N4O2S/c1-11(10-20-2)16-15(22)17-13-8-9-14(19-18-13)21-12-6-4-3-5-7-12/h3-9,11H,10H2,1-2H3,(H2,16,17,18,22)/t11-/m0/s1. The van der Waals surface area contributed by atoms with E-state index >= 15 is 0 Å². The molecule has 0 saturated carbocycles. The van der Waals surface area contributed by atoms with Gasteiger partial charge in [0.15, 0.2) is 10.9 Å². The van der Waals surface area contributed by atoms with E-state index in [9.17, 15) is 0 Å². The molecule has 1 aromatic heterocycles. The highest BCUT2D eigenvalue weighted by Crippen LogP contribution is 2.18. The fourth-order valence-corrected chi connectivity index (χ4v) is 2.02. The summed E-state index contributed by atoms with van der Waals surface area (Å²) in [6.45, 7) is 2.54. The zero-order valence-corrected chi connectivity index (χ0v) is 13.3. The van der Waals surface area contributed by atoms with Crippen molar-refractivity contribution in [3.8, 4) is 11.6 Å². The summed E-state index contributed by atoms with van der Waals surface area (Å²) >= 11 is 5.19. The number of ether oxygens (including phenoxy) is 2. The summed E-state index contributed by atoms with van der Waals surface area (Å²) in [6, 6.07) is 13.0. The number of para-hydroxylation sites is 1. The second-order valence-corrected chi connectivity index (χ2v) is 5.04. The molecule has 116 valence electrons. The van der Waals surface area contributed by atoms with E-state index in [1.165, 1.54) is 0 Å². The van der Waals surface area contributed by atoms with Crippen molar-refractivity contribution in [2.75, 3.05) is 19.0 Å². The van der Waals surface area contributed by atoms with Gasteiger partial charge in [-0.1, -0.05) is 18.2 Å². The van der Waals surface area contributed by atoms with Gasteiger partial charge in [-0.25, -0.2) is 0 Å². The lowest BCUT2D eigenvalue weighted by molar-refractivity contribution is 0.179. The first kappa shape index (κ1) is 16.1. The van der Waals surface area contributed by atoms with E-state index < -0.39 is 0 Å². The third kappa shape index (κ3) is 5.27. The summed E-state index contributed by atoms with van der Waals surface area (Å²) in [4.78, 5) is 0. The minimum atomic E-state index is 0.110. The van der Waals surface area contributed by atoms with Crippen LogP contribution in [-0.4, -0.2) is 35.1 Å². The number of hydrogen-bond donors (Lipinski definition) is 2. The summed E-state index contributed by atoms with van der Waals surface area (Å²) in [6.07, 6.45) is 0. The maximum atomic E-state index is 5.57. The average Bonchev–Trinajstić information content (AvgIpc) is 2.50. The largest absolute Gasteiger partial charge is 0.438 e. The van der Waals surface area contributed by atoms with Crippen LogP contribution in [0, 0.1) is 0 Å². The maximum absolute atomic E-state index is 5.57. The molecule has 2 N–H and O–H groups in total. The van der Waals surface area contributed by atoms with Crippen LogP contribution in [0.15, 0.2) is 42.5 Å². The van der Waals surface area contributed by atoms with Crippen molar-refractivity contribution in [2.24, 2.45) is 0 Å². The Kier molecular flexibility index (Phi) is 6.05. The smallest absolute Gasteiger partial charge is 0.238 e. The Morgan fingerprint density at radius 3 is 2.59 bits per heavy atom. The average molecular weight is 318 g/mol. The number of anilines is 1. The van der Waals surface area contributed by atoms with Crippen LogP contribution in [0.1, 0.15) is 6.92 Å². The molecule has 0 spiro atoms. The second kappa shape index (κ2) is 8.26. The molecule has 0 aliphatic heterocycles. The quantitative estimate of drug-likeness (QED) is 0.793. The third-order valence-electron chi connectivity index (χ3n) is 2.64. The molecule has 0 amide bonds. The van der Waals surface area contributed by atoms with E-state index in [0.29, 0.717) is 29.2 Å². The fourth-order valence-electron chi connectivity index (χ4n) is 1.72. The minimum absolute atomic E-state index is 0.110. The van der Waals surface area contributed by atoms with E-state index in [-0.39, 0.29) is 6.04 Å². The van der Waals surface area contributed by atoms with Crippen molar-refractivity contribution in [3.63, 3.8) is 0 Å². The van der Waals surface area contributed by atoms with Crippen molar-refractivity contribution in [1.82, 2.24) is 15.5 Å². The fraction of sp³-hybridized carbons (Fsp3) is 0.267. The SMILES string of the molecule is COC[C@H](C)NC(=S)Nc1ccc(Oc2ccccc2)nn1. The Bertz CT molecular complexity index is 592. The molecule has 0 aliphatic rings. The molecule has 22 heavy (non-hydrogen) atoms. The molecule has 2 rings (SSSR count). The summed E-state index contributed by atoms with van der Waals surface area (Å²) in [5, 5.41) is 14.5.